The van der Waals surface area contributed by atoms with Crippen LogP contribution in [0.25, 0.3) is 0 Å². The van der Waals surface area contributed by atoms with Gasteiger partial charge in [0.1, 0.15) is 0 Å². The van der Waals surface area contributed by atoms with Crippen LogP contribution in [0.1, 0.15) is 32.6 Å². The van der Waals surface area contributed by atoms with Gasteiger partial charge in [0.25, 0.3) is 0 Å². The first kappa shape index (κ1) is 10.8. The van der Waals surface area contributed by atoms with Crippen LogP contribution in [0.2, 0.25) is 0 Å². The number of rotatable bonds is 6. The molecule has 0 radical (unpaired) electrons. The largest absolute Gasteiger partial charge is 0.126 e. The standard InChI is InChI=1S/C10H17Cl/c1-3-4-5-7-10(2)8-6-9-11/h3,8H,1,4-7,9H2,2H3. The van der Waals surface area contributed by atoms with E-state index < -0.39 is 0 Å². The van der Waals surface area contributed by atoms with Crippen LogP contribution in [0.3, 0.4) is 0 Å². The Morgan fingerprint density at radius 2 is 2.18 bits per heavy atom. The van der Waals surface area contributed by atoms with Crippen molar-refractivity contribution in [1.29, 1.82) is 0 Å². The summed E-state index contributed by atoms with van der Waals surface area (Å²) in [5, 5.41) is 0. The summed E-state index contributed by atoms with van der Waals surface area (Å²) in [5.74, 6) is 0.735. The number of alkyl halides is 1. The second-order valence-corrected chi connectivity index (χ2v) is 3.09. The molecule has 0 N–H and O–H groups in total. The quantitative estimate of drug-likeness (QED) is 0.324. The second-order valence-electron chi connectivity index (χ2n) is 2.71. The molecule has 0 spiro atoms. The van der Waals surface area contributed by atoms with E-state index in [9.17, 15) is 0 Å². The van der Waals surface area contributed by atoms with E-state index in [1.54, 1.807) is 0 Å². The molecule has 0 amide bonds. The van der Waals surface area contributed by atoms with Gasteiger partial charge < -0.3 is 0 Å². The predicted octanol–water partition coefficient (Wildman–Crippen LogP) is 3.92. The van der Waals surface area contributed by atoms with Crippen molar-refractivity contribution >= 4 is 11.6 Å². The van der Waals surface area contributed by atoms with Crippen molar-refractivity contribution in [1.82, 2.24) is 0 Å². The molecular weight excluding hydrogens is 156 g/mol. The summed E-state index contributed by atoms with van der Waals surface area (Å²) in [4.78, 5) is 0. The minimum atomic E-state index is 0.735. The Bertz CT molecular complexity index is 125. The highest BCUT2D eigenvalue weighted by Gasteiger charge is 1.88. The Kier molecular flexibility index (Phi) is 7.71. The first-order valence-electron chi connectivity index (χ1n) is 4.13. The van der Waals surface area contributed by atoms with Crippen molar-refractivity contribution in [2.24, 2.45) is 0 Å². The van der Waals surface area contributed by atoms with Gasteiger partial charge in [-0.1, -0.05) is 17.7 Å². The third-order valence-electron chi connectivity index (χ3n) is 1.58. The SMILES string of the molecule is C=CCCCC(C)=CCCCl. The van der Waals surface area contributed by atoms with Crippen LogP contribution < -0.4 is 0 Å². The van der Waals surface area contributed by atoms with Gasteiger partial charge in [0.2, 0.25) is 0 Å². The summed E-state index contributed by atoms with van der Waals surface area (Å²) in [6.07, 6.45) is 8.70. The Labute approximate surface area is 74.9 Å². The fourth-order valence-electron chi connectivity index (χ4n) is 0.928. The molecule has 0 aromatic carbocycles. The van der Waals surface area contributed by atoms with E-state index in [1.807, 2.05) is 6.08 Å². The van der Waals surface area contributed by atoms with Gasteiger partial charge in [-0.25, -0.2) is 0 Å². The lowest BCUT2D eigenvalue weighted by Gasteiger charge is -1.97. The first-order chi connectivity index (χ1) is 5.31. The van der Waals surface area contributed by atoms with E-state index in [0.29, 0.717) is 0 Å². The molecule has 0 saturated carbocycles. The molecule has 0 atom stereocenters. The van der Waals surface area contributed by atoms with Gasteiger partial charge >= 0.3 is 0 Å². The van der Waals surface area contributed by atoms with Crippen LogP contribution in [-0.4, -0.2) is 5.88 Å². The van der Waals surface area contributed by atoms with E-state index >= 15 is 0 Å². The second kappa shape index (κ2) is 7.87. The van der Waals surface area contributed by atoms with E-state index in [0.717, 1.165) is 18.7 Å². The predicted molar refractivity (Wildman–Crippen MR) is 53.1 cm³/mol. The molecule has 0 aromatic heterocycles. The van der Waals surface area contributed by atoms with Gasteiger partial charge in [0.15, 0.2) is 0 Å². The molecule has 0 nitrogen and oxygen atoms in total. The minimum Gasteiger partial charge on any atom is -0.126 e. The van der Waals surface area contributed by atoms with Crippen LogP contribution >= 0.6 is 11.6 Å². The Morgan fingerprint density at radius 3 is 2.73 bits per heavy atom. The number of hydrogen-bond acceptors (Lipinski definition) is 0. The lowest BCUT2D eigenvalue weighted by molar-refractivity contribution is 0.828. The van der Waals surface area contributed by atoms with Crippen molar-refractivity contribution in [3.63, 3.8) is 0 Å². The lowest BCUT2D eigenvalue weighted by Crippen LogP contribution is -1.78. The van der Waals surface area contributed by atoms with Gasteiger partial charge in [-0.05, 0) is 32.6 Å². The molecule has 0 aromatic rings. The third kappa shape index (κ3) is 7.67. The topological polar surface area (TPSA) is 0 Å². The van der Waals surface area contributed by atoms with Crippen LogP contribution in [0.4, 0.5) is 0 Å². The maximum atomic E-state index is 5.55. The number of halogens is 1. The third-order valence-corrected chi connectivity index (χ3v) is 1.80. The fourth-order valence-corrected chi connectivity index (χ4v) is 1.04. The molecule has 0 aliphatic carbocycles. The molecule has 0 unspecified atom stereocenters. The minimum absolute atomic E-state index is 0.735. The van der Waals surface area contributed by atoms with E-state index in [4.69, 9.17) is 11.6 Å². The highest BCUT2D eigenvalue weighted by atomic mass is 35.5. The highest BCUT2D eigenvalue weighted by Crippen LogP contribution is 2.07. The van der Waals surface area contributed by atoms with Crippen molar-refractivity contribution < 1.29 is 0 Å². The van der Waals surface area contributed by atoms with Gasteiger partial charge in [-0.15, -0.1) is 18.2 Å². The first-order valence-corrected chi connectivity index (χ1v) is 4.67. The summed E-state index contributed by atoms with van der Waals surface area (Å²) in [6.45, 7) is 5.84. The van der Waals surface area contributed by atoms with E-state index in [2.05, 4.69) is 19.6 Å². The van der Waals surface area contributed by atoms with Gasteiger partial charge in [-0.3, -0.25) is 0 Å². The normalized spacial score (nSPS) is 11.6. The van der Waals surface area contributed by atoms with Crippen molar-refractivity contribution in [2.45, 2.75) is 32.6 Å². The summed E-state index contributed by atoms with van der Waals surface area (Å²) in [5.41, 5.74) is 1.45. The molecule has 11 heavy (non-hydrogen) atoms. The Balaban J connectivity index is 3.34. The van der Waals surface area contributed by atoms with Crippen LogP contribution in [0.15, 0.2) is 24.3 Å². The van der Waals surface area contributed by atoms with Gasteiger partial charge in [0, 0.05) is 5.88 Å². The summed E-state index contributed by atoms with van der Waals surface area (Å²) >= 11 is 5.55. The number of allylic oxidation sites excluding steroid dienone is 3. The smallest absolute Gasteiger partial charge is 0.0258 e. The van der Waals surface area contributed by atoms with Crippen molar-refractivity contribution in [3.8, 4) is 0 Å². The van der Waals surface area contributed by atoms with Gasteiger partial charge in [0.05, 0.1) is 0 Å². The molecular formula is C10H17Cl. The van der Waals surface area contributed by atoms with Crippen molar-refractivity contribution in [3.05, 3.63) is 24.3 Å². The number of hydrogen-bond donors (Lipinski definition) is 0. The summed E-state index contributed by atoms with van der Waals surface area (Å²) < 4.78 is 0. The van der Waals surface area contributed by atoms with E-state index in [-0.39, 0.29) is 0 Å². The van der Waals surface area contributed by atoms with Crippen LogP contribution in [0, 0.1) is 0 Å². The molecule has 0 heterocycles. The Hall–Kier alpha value is -0.230. The number of unbranched alkanes of at least 4 members (excludes halogenated alkanes) is 1. The van der Waals surface area contributed by atoms with Crippen molar-refractivity contribution in [2.75, 3.05) is 5.88 Å². The molecule has 1 heteroatoms. The Morgan fingerprint density at radius 1 is 1.45 bits per heavy atom. The fraction of sp³-hybridized carbons (Fsp3) is 0.600. The lowest BCUT2D eigenvalue weighted by atomic mass is 10.1. The zero-order chi connectivity index (χ0) is 8.53. The van der Waals surface area contributed by atoms with Gasteiger partial charge in [-0.2, -0.15) is 0 Å². The molecule has 0 bridgehead atoms. The summed E-state index contributed by atoms with van der Waals surface area (Å²) in [7, 11) is 0. The zero-order valence-electron chi connectivity index (χ0n) is 7.28. The summed E-state index contributed by atoms with van der Waals surface area (Å²) in [6, 6.07) is 0. The monoisotopic (exact) mass is 172 g/mol. The maximum absolute atomic E-state index is 5.55. The molecule has 64 valence electrons. The van der Waals surface area contributed by atoms with Crippen LogP contribution in [0.5, 0.6) is 0 Å². The molecule has 0 fully saturated rings. The zero-order valence-corrected chi connectivity index (χ0v) is 8.03. The maximum Gasteiger partial charge on any atom is 0.0258 e. The van der Waals surface area contributed by atoms with Crippen LogP contribution in [-0.2, 0) is 0 Å². The van der Waals surface area contributed by atoms with E-state index in [1.165, 1.54) is 18.4 Å². The molecule has 0 saturated heterocycles. The average molecular weight is 173 g/mol. The molecule has 0 rings (SSSR count). The average Bonchev–Trinajstić information content (AvgIpc) is 2.01. The molecule has 0 aliphatic heterocycles. The molecule has 0 aliphatic rings. The highest BCUT2D eigenvalue weighted by molar-refractivity contribution is 6.17.